The standard InChI is InChI=1S/C17H15NO3S/c1-20-14-8-12-13(10-18-11-6-4-3-5-7-11)17(19)22-16(12)9-15(14)21-2/h3-10,19H,1-2H3. The lowest BCUT2D eigenvalue weighted by Gasteiger charge is -2.07. The van der Waals surface area contributed by atoms with Crippen molar-refractivity contribution in [2.24, 2.45) is 4.99 Å². The van der Waals surface area contributed by atoms with Gasteiger partial charge in [-0.1, -0.05) is 29.5 Å². The summed E-state index contributed by atoms with van der Waals surface area (Å²) in [6, 6.07) is 13.3. The summed E-state index contributed by atoms with van der Waals surface area (Å²) in [6.45, 7) is 0. The van der Waals surface area contributed by atoms with Crippen molar-refractivity contribution in [3.63, 3.8) is 0 Å². The number of thiophene rings is 1. The fourth-order valence-corrected chi connectivity index (χ4v) is 3.13. The largest absolute Gasteiger partial charge is 0.499 e. The minimum absolute atomic E-state index is 0.227. The highest BCUT2D eigenvalue weighted by molar-refractivity contribution is 7.21. The fourth-order valence-electron chi connectivity index (χ4n) is 2.21. The summed E-state index contributed by atoms with van der Waals surface area (Å²) < 4.78 is 11.5. The van der Waals surface area contributed by atoms with Crippen LogP contribution in [0.1, 0.15) is 5.56 Å². The number of hydrogen-bond acceptors (Lipinski definition) is 5. The van der Waals surface area contributed by atoms with E-state index in [9.17, 15) is 5.11 Å². The molecule has 3 rings (SSSR count). The third-order valence-electron chi connectivity index (χ3n) is 3.31. The number of hydrogen-bond donors (Lipinski definition) is 1. The molecule has 22 heavy (non-hydrogen) atoms. The quantitative estimate of drug-likeness (QED) is 0.727. The number of nitrogens with zero attached hydrogens (tertiary/aromatic N) is 1. The van der Waals surface area contributed by atoms with Crippen molar-refractivity contribution in [1.29, 1.82) is 0 Å². The Labute approximate surface area is 132 Å². The molecule has 1 heterocycles. The van der Waals surface area contributed by atoms with E-state index < -0.39 is 0 Å². The molecule has 0 fully saturated rings. The van der Waals surface area contributed by atoms with Crippen LogP contribution in [-0.2, 0) is 0 Å². The Hall–Kier alpha value is -2.53. The van der Waals surface area contributed by atoms with Gasteiger partial charge in [-0.25, -0.2) is 0 Å². The molecular formula is C17H15NO3S. The second kappa shape index (κ2) is 6.07. The van der Waals surface area contributed by atoms with Gasteiger partial charge in [-0.2, -0.15) is 0 Å². The van der Waals surface area contributed by atoms with Crippen molar-refractivity contribution >= 4 is 33.3 Å². The van der Waals surface area contributed by atoms with Crippen LogP contribution in [0.5, 0.6) is 16.6 Å². The first-order valence-electron chi connectivity index (χ1n) is 6.69. The summed E-state index contributed by atoms with van der Waals surface area (Å²) in [6.07, 6.45) is 1.68. The Kier molecular flexibility index (Phi) is 3.98. The summed E-state index contributed by atoms with van der Waals surface area (Å²) in [5.41, 5.74) is 1.52. The number of rotatable bonds is 4. The molecular weight excluding hydrogens is 298 g/mol. The number of para-hydroxylation sites is 1. The molecule has 0 amide bonds. The molecule has 0 radical (unpaired) electrons. The van der Waals surface area contributed by atoms with Gasteiger partial charge < -0.3 is 14.6 Å². The molecule has 112 valence electrons. The Balaban J connectivity index is 2.09. The summed E-state index contributed by atoms with van der Waals surface area (Å²) in [5.74, 6) is 1.27. The van der Waals surface area contributed by atoms with Crippen LogP contribution in [0.2, 0.25) is 0 Å². The highest BCUT2D eigenvalue weighted by Crippen LogP contribution is 2.41. The summed E-state index contributed by atoms with van der Waals surface area (Å²) in [5, 5.41) is 11.3. The predicted octanol–water partition coefficient (Wildman–Crippen LogP) is 4.37. The van der Waals surface area contributed by atoms with E-state index in [1.165, 1.54) is 11.3 Å². The van der Waals surface area contributed by atoms with E-state index in [2.05, 4.69) is 4.99 Å². The van der Waals surface area contributed by atoms with E-state index in [0.717, 1.165) is 15.8 Å². The maximum atomic E-state index is 10.2. The van der Waals surface area contributed by atoms with Crippen LogP contribution in [0.15, 0.2) is 47.5 Å². The molecule has 5 heteroatoms. The molecule has 4 nitrogen and oxygen atoms in total. The van der Waals surface area contributed by atoms with Crippen LogP contribution in [0, 0.1) is 0 Å². The topological polar surface area (TPSA) is 51.0 Å². The molecule has 0 unspecified atom stereocenters. The lowest BCUT2D eigenvalue weighted by atomic mass is 10.1. The average molecular weight is 313 g/mol. The summed E-state index contributed by atoms with van der Waals surface area (Å²) in [7, 11) is 3.18. The SMILES string of the molecule is COc1cc2sc(O)c(C=Nc3ccccc3)c2cc1OC. The minimum Gasteiger partial charge on any atom is -0.499 e. The van der Waals surface area contributed by atoms with E-state index in [-0.39, 0.29) is 5.06 Å². The third kappa shape index (κ3) is 2.63. The molecule has 2 aromatic carbocycles. The van der Waals surface area contributed by atoms with Crippen molar-refractivity contribution in [3.8, 4) is 16.6 Å². The van der Waals surface area contributed by atoms with Crippen molar-refractivity contribution < 1.29 is 14.6 Å². The first kappa shape index (κ1) is 14.4. The zero-order chi connectivity index (χ0) is 15.5. The molecule has 0 bridgehead atoms. The smallest absolute Gasteiger partial charge is 0.181 e. The Morgan fingerprint density at radius 3 is 2.41 bits per heavy atom. The average Bonchev–Trinajstić information content (AvgIpc) is 2.86. The Morgan fingerprint density at radius 1 is 1.05 bits per heavy atom. The number of fused-ring (bicyclic) bond motifs is 1. The number of methoxy groups -OCH3 is 2. The predicted molar refractivity (Wildman–Crippen MR) is 90.3 cm³/mol. The summed E-state index contributed by atoms with van der Waals surface area (Å²) >= 11 is 1.29. The minimum atomic E-state index is 0.227. The van der Waals surface area contributed by atoms with Gasteiger partial charge in [0.15, 0.2) is 16.6 Å². The van der Waals surface area contributed by atoms with Crippen molar-refractivity contribution in [2.45, 2.75) is 0 Å². The van der Waals surface area contributed by atoms with E-state index in [1.807, 2.05) is 42.5 Å². The molecule has 0 atom stereocenters. The third-order valence-corrected chi connectivity index (χ3v) is 4.28. The van der Waals surface area contributed by atoms with Gasteiger partial charge in [0.05, 0.1) is 25.5 Å². The van der Waals surface area contributed by atoms with Gasteiger partial charge in [0.1, 0.15) is 0 Å². The lowest BCUT2D eigenvalue weighted by Crippen LogP contribution is -1.90. The van der Waals surface area contributed by atoms with Crippen molar-refractivity contribution in [1.82, 2.24) is 0 Å². The monoisotopic (exact) mass is 313 g/mol. The Bertz CT molecular complexity index is 825. The van der Waals surface area contributed by atoms with Crippen LogP contribution < -0.4 is 9.47 Å². The number of benzene rings is 2. The molecule has 0 aliphatic rings. The zero-order valence-corrected chi connectivity index (χ0v) is 13.1. The van der Waals surface area contributed by atoms with Gasteiger partial charge in [0, 0.05) is 22.4 Å². The molecule has 0 saturated carbocycles. The van der Waals surface area contributed by atoms with Gasteiger partial charge in [0.25, 0.3) is 0 Å². The van der Waals surface area contributed by atoms with Gasteiger partial charge in [0.2, 0.25) is 0 Å². The number of aromatic hydroxyl groups is 1. The normalized spacial score (nSPS) is 11.2. The molecule has 0 aliphatic carbocycles. The molecule has 0 spiro atoms. The van der Waals surface area contributed by atoms with Gasteiger partial charge in [-0.3, -0.25) is 4.99 Å². The first-order chi connectivity index (χ1) is 10.7. The van der Waals surface area contributed by atoms with Crippen LogP contribution in [0.25, 0.3) is 10.1 Å². The second-order valence-corrected chi connectivity index (χ2v) is 5.65. The zero-order valence-electron chi connectivity index (χ0n) is 12.2. The number of ether oxygens (including phenoxy) is 2. The van der Waals surface area contributed by atoms with Gasteiger partial charge >= 0.3 is 0 Å². The molecule has 0 saturated heterocycles. The van der Waals surface area contributed by atoms with Gasteiger partial charge in [-0.05, 0) is 18.2 Å². The van der Waals surface area contributed by atoms with Crippen molar-refractivity contribution in [2.75, 3.05) is 14.2 Å². The fraction of sp³-hybridized carbons (Fsp3) is 0.118. The summed E-state index contributed by atoms with van der Waals surface area (Å²) in [4.78, 5) is 4.41. The highest BCUT2D eigenvalue weighted by Gasteiger charge is 2.14. The molecule has 1 aromatic heterocycles. The van der Waals surface area contributed by atoms with E-state index in [0.29, 0.717) is 17.1 Å². The van der Waals surface area contributed by atoms with E-state index in [4.69, 9.17) is 9.47 Å². The first-order valence-corrected chi connectivity index (χ1v) is 7.51. The van der Waals surface area contributed by atoms with E-state index in [1.54, 1.807) is 20.4 Å². The molecule has 1 N–H and O–H groups in total. The maximum Gasteiger partial charge on any atom is 0.181 e. The van der Waals surface area contributed by atoms with E-state index >= 15 is 0 Å². The second-order valence-electron chi connectivity index (χ2n) is 4.62. The molecule has 0 aliphatic heterocycles. The van der Waals surface area contributed by atoms with Crippen LogP contribution >= 0.6 is 11.3 Å². The van der Waals surface area contributed by atoms with Crippen molar-refractivity contribution in [3.05, 3.63) is 48.0 Å². The maximum absolute atomic E-state index is 10.2. The lowest BCUT2D eigenvalue weighted by molar-refractivity contribution is 0.356. The highest BCUT2D eigenvalue weighted by atomic mass is 32.1. The van der Waals surface area contributed by atoms with Crippen LogP contribution in [-0.4, -0.2) is 25.5 Å². The number of aliphatic imine (C=N–C) groups is 1. The van der Waals surface area contributed by atoms with Crippen LogP contribution in [0.3, 0.4) is 0 Å². The van der Waals surface area contributed by atoms with Crippen LogP contribution in [0.4, 0.5) is 5.69 Å². The Morgan fingerprint density at radius 2 is 1.73 bits per heavy atom. The molecule has 3 aromatic rings. The van der Waals surface area contributed by atoms with Gasteiger partial charge in [-0.15, -0.1) is 0 Å².